The van der Waals surface area contributed by atoms with E-state index in [-0.39, 0.29) is 17.9 Å². The van der Waals surface area contributed by atoms with Crippen LogP contribution < -0.4 is 9.47 Å². The molecule has 0 spiro atoms. The number of fused-ring (bicyclic) bond motifs is 1. The molecule has 0 bridgehead atoms. The summed E-state index contributed by atoms with van der Waals surface area (Å²) in [5.74, 6) is 1.70. The Hall–Kier alpha value is -2.49. The molecule has 1 aliphatic heterocycles. The zero-order valence-electron chi connectivity index (χ0n) is 16.7. The van der Waals surface area contributed by atoms with E-state index < -0.39 is 0 Å². The Labute approximate surface area is 162 Å². The van der Waals surface area contributed by atoms with Gasteiger partial charge in [-0.15, -0.1) is 0 Å². The summed E-state index contributed by atoms with van der Waals surface area (Å²) in [5, 5.41) is 0. The Kier molecular flexibility index (Phi) is 6.04. The standard InChI is InChI=1S/C23H29NO3/c1-5-9-16(2)23(25)24-13-12-18-14-20(26-3)21(27-4)15-19(18)22(24)17-10-7-6-8-11-17/h6-8,10-11,14-16,22H,5,9,12-13H2,1-4H3/t16-,22-/m0/s1. The van der Waals surface area contributed by atoms with Crippen LogP contribution in [0.25, 0.3) is 0 Å². The molecule has 0 unspecified atom stereocenters. The maximum atomic E-state index is 13.2. The lowest BCUT2D eigenvalue weighted by Gasteiger charge is -2.39. The monoisotopic (exact) mass is 367 g/mol. The predicted octanol–water partition coefficient (Wildman–Crippen LogP) is 4.61. The fourth-order valence-corrected chi connectivity index (χ4v) is 4.02. The summed E-state index contributed by atoms with van der Waals surface area (Å²) in [6, 6.07) is 14.3. The molecular formula is C23H29NO3. The van der Waals surface area contributed by atoms with Gasteiger partial charge in [0.15, 0.2) is 11.5 Å². The molecule has 144 valence electrons. The highest BCUT2D eigenvalue weighted by molar-refractivity contribution is 5.80. The van der Waals surface area contributed by atoms with Gasteiger partial charge in [-0.05, 0) is 41.7 Å². The number of rotatable bonds is 6. The first-order valence-electron chi connectivity index (χ1n) is 9.70. The van der Waals surface area contributed by atoms with E-state index in [0.29, 0.717) is 5.75 Å². The predicted molar refractivity (Wildman–Crippen MR) is 107 cm³/mol. The van der Waals surface area contributed by atoms with Crippen molar-refractivity contribution in [2.24, 2.45) is 5.92 Å². The van der Waals surface area contributed by atoms with Crippen LogP contribution in [0.4, 0.5) is 0 Å². The van der Waals surface area contributed by atoms with E-state index in [2.05, 4.69) is 25.1 Å². The van der Waals surface area contributed by atoms with E-state index in [1.54, 1.807) is 14.2 Å². The fraction of sp³-hybridized carbons (Fsp3) is 0.435. The first-order chi connectivity index (χ1) is 13.1. The van der Waals surface area contributed by atoms with E-state index in [9.17, 15) is 4.79 Å². The van der Waals surface area contributed by atoms with Gasteiger partial charge in [0.2, 0.25) is 5.91 Å². The van der Waals surface area contributed by atoms with Crippen molar-refractivity contribution in [3.05, 3.63) is 59.2 Å². The van der Waals surface area contributed by atoms with Crippen LogP contribution in [-0.4, -0.2) is 31.6 Å². The molecule has 4 nitrogen and oxygen atoms in total. The second-order valence-electron chi connectivity index (χ2n) is 7.19. The van der Waals surface area contributed by atoms with Crippen molar-refractivity contribution in [2.45, 2.75) is 39.2 Å². The average Bonchev–Trinajstić information content (AvgIpc) is 2.72. The third-order valence-electron chi connectivity index (χ3n) is 5.42. The quantitative estimate of drug-likeness (QED) is 0.748. The first kappa shape index (κ1) is 19.3. The molecule has 4 heteroatoms. The van der Waals surface area contributed by atoms with Crippen molar-refractivity contribution in [3.8, 4) is 11.5 Å². The molecule has 2 aromatic rings. The number of nitrogens with zero attached hydrogens (tertiary/aromatic N) is 1. The number of methoxy groups -OCH3 is 2. The lowest BCUT2D eigenvalue weighted by atomic mass is 9.86. The molecule has 0 aromatic heterocycles. The molecule has 1 amide bonds. The van der Waals surface area contributed by atoms with Crippen LogP contribution in [0.1, 0.15) is 49.4 Å². The minimum atomic E-state index is -0.0958. The molecule has 2 aromatic carbocycles. The van der Waals surface area contributed by atoms with Gasteiger partial charge < -0.3 is 14.4 Å². The van der Waals surface area contributed by atoms with Gasteiger partial charge in [-0.25, -0.2) is 0 Å². The number of hydrogen-bond donors (Lipinski definition) is 0. The molecule has 0 aliphatic carbocycles. The third kappa shape index (κ3) is 3.80. The van der Waals surface area contributed by atoms with Crippen molar-refractivity contribution in [3.63, 3.8) is 0 Å². The van der Waals surface area contributed by atoms with Crippen LogP contribution in [0.15, 0.2) is 42.5 Å². The Balaban J connectivity index is 2.09. The van der Waals surface area contributed by atoms with Crippen molar-refractivity contribution >= 4 is 5.91 Å². The lowest BCUT2D eigenvalue weighted by molar-refractivity contribution is -0.137. The number of benzene rings is 2. The van der Waals surface area contributed by atoms with Crippen LogP contribution in [-0.2, 0) is 11.2 Å². The highest BCUT2D eigenvalue weighted by atomic mass is 16.5. The summed E-state index contributed by atoms with van der Waals surface area (Å²) >= 11 is 0. The summed E-state index contributed by atoms with van der Waals surface area (Å²) < 4.78 is 11.0. The van der Waals surface area contributed by atoms with E-state index in [0.717, 1.165) is 42.7 Å². The molecule has 0 N–H and O–H groups in total. The fourth-order valence-electron chi connectivity index (χ4n) is 4.02. The second kappa shape index (κ2) is 8.47. The van der Waals surface area contributed by atoms with Crippen LogP contribution in [0, 0.1) is 5.92 Å². The Morgan fingerprint density at radius 3 is 2.44 bits per heavy atom. The molecule has 27 heavy (non-hydrogen) atoms. The summed E-state index contributed by atoms with van der Waals surface area (Å²) in [7, 11) is 3.31. The summed E-state index contributed by atoms with van der Waals surface area (Å²) in [6.07, 6.45) is 2.75. The number of carbonyl (C=O) groups is 1. The molecule has 1 aliphatic rings. The smallest absolute Gasteiger partial charge is 0.226 e. The molecule has 2 atom stereocenters. The first-order valence-corrected chi connectivity index (χ1v) is 9.70. The Bertz CT molecular complexity index is 788. The van der Waals surface area contributed by atoms with E-state index in [1.807, 2.05) is 36.1 Å². The zero-order valence-corrected chi connectivity index (χ0v) is 16.7. The number of ether oxygens (including phenoxy) is 2. The highest BCUT2D eigenvalue weighted by Gasteiger charge is 2.34. The van der Waals surface area contributed by atoms with Gasteiger partial charge in [0.25, 0.3) is 0 Å². The number of amides is 1. The molecular weight excluding hydrogens is 338 g/mol. The minimum Gasteiger partial charge on any atom is -0.493 e. The number of carbonyl (C=O) groups excluding carboxylic acids is 1. The third-order valence-corrected chi connectivity index (χ3v) is 5.42. The van der Waals surface area contributed by atoms with Crippen LogP contribution >= 0.6 is 0 Å². The molecule has 3 rings (SSSR count). The van der Waals surface area contributed by atoms with Gasteiger partial charge in [-0.2, -0.15) is 0 Å². The molecule has 1 heterocycles. The SMILES string of the molecule is CCC[C@H](C)C(=O)N1CCc2cc(OC)c(OC)cc2[C@@H]1c1ccccc1. The van der Waals surface area contributed by atoms with Gasteiger partial charge in [0.1, 0.15) is 0 Å². The lowest BCUT2D eigenvalue weighted by Crippen LogP contribution is -2.43. The molecule has 0 saturated carbocycles. The molecule has 0 saturated heterocycles. The zero-order chi connectivity index (χ0) is 19.4. The topological polar surface area (TPSA) is 38.8 Å². The minimum absolute atomic E-state index is 0.0305. The second-order valence-corrected chi connectivity index (χ2v) is 7.19. The Morgan fingerprint density at radius 1 is 1.15 bits per heavy atom. The van der Waals surface area contributed by atoms with Gasteiger partial charge in [-0.3, -0.25) is 4.79 Å². The summed E-state index contributed by atoms with van der Waals surface area (Å²) in [4.78, 5) is 15.3. The normalized spacial score (nSPS) is 17.2. The van der Waals surface area contributed by atoms with Crippen molar-refractivity contribution in [1.82, 2.24) is 4.90 Å². The van der Waals surface area contributed by atoms with Crippen LogP contribution in [0.5, 0.6) is 11.5 Å². The van der Waals surface area contributed by atoms with Crippen molar-refractivity contribution in [1.29, 1.82) is 0 Å². The van der Waals surface area contributed by atoms with E-state index in [1.165, 1.54) is 5.56 Å². The maximum absolute atomic E-state index is 13.2. The Morgan fingerprint density at radius 2 is 1.81 bits per heavy atom. The van der Waals surface area contributed by atoms with Crippen molar-refractivity contribution < 1.29 is 14.3 Å². The van der Waals surface area contributed by atoms with Gasteiger partial charge in [-0.1, -0.05) is 50.6 Å². The molecule has 0 fully saturated rings. The van der Waals surface area contributed by atoms with Gasteiger partial charge >= 0.3 is 0 Å². The largest absolute Gasteiger partial charge is 0.493 e. The van der Waals surface area contributed by atoms with Crippen LogP contribution in [0.2, 0.25) is 0 Å². The van der Waals surface area contributed by atoms with Crippen LogP contribution in [0.3, 0.4) is 0 Å². The highest BCUT2D eigenvalue weighted by Crippen LogP contribution is 2.41. The van der Waals surface area contributed by atoms with Gasteiger partial charge in [0.05, 0.1) is 20.3 Å². The maximum Gasteiger partial charge on any atom is 0.226 e. The van der Waals surface area contributed by atoms with E-state index >= 15 is 0 Å². The van der Waals surface area contributed by atoms with Crippen molar-refractivity contribution in [2.75, 3.05) is 20.8 Å². The molecule has 0 radical (unpaired) electrons. The van der Waals surface area contributed by atoms with E-state index in [4.69, 9.17) is 9.47 Å². The number of hydrogen-bond acceptors (Lipinski definition) is 3. The summed E-state index contributed by atoms with van der Waals surface area (Å²) in [6.45, 7) is 4.88. The average molecular weight is 367 g/mol. The van der Waals surface area contributed by atoms with Gasteiger partial charge in [0, 0.05) is 12.5 Å². The summed E-state index contributed by atoms with van der Waals surface area (Å²) in [5.41, 5.74) is 3.47.